The molecule has 0 atom stereocenters. The average Bonchev–Trinajstić information content (AvgIpc) is 2.19. The zero-order chi connectivity index (χ0) is 9.52. The van der Waals surface area contributed by atoms with E-state index in [1.54, 1.807) is 0 Å². The Morgan fingerprint density at radius 3 is 2.62 bits per heavy atom. The second-order valence-corrected chi connectivity index (χ2v) is 3.24. The number of unbranched alkanes of at least 4 members (excludes halogenated alkanes) is 1. The summed E-state index contributed by atoms with van der Waals surface area (Å²) in [5.74, 6) is 0. The first-order valence-corrected chi connectivity index (χ1v) is 5.13. The number of hydrogen-bond donors (Lipinski definition) is 0. The number of benzene rings is 1. The van der Waals surface area contributed by atoms with Crippen LogP contribution >= 0.6 is 0 Å². The molecule has 70 valence electrons. The van der Waals surface area contributed by atoms with Crippen molar-refractivity contribution in [1.82, 2.24) is 0 Å². The molecule has 0 heterocycles. The Bertz CT molecular complexity index is 271. The standard InChI is InChI=1S/C13H18/c1-3-5-6-10-13-11-8-7-9-12(13)4-2/h6-11H,3-5H2,1-2H3/b10-6-. The van der Waals surface area contributed by atoms with Gasteiger partial charge >= 0.3 is 0 Å². The van der Waals surface area contributed by atoms with Gasteiger partial charge in [-0.15, -0.1) is 0 Å². The predicted octanol–water partition coefficient (Wildman–Crippen LogP) is 4.06. The third-order valence-corrected chi connectivity index (χ3v) is 2.19. The summed E-state index contributed by atoms with van der Waals surface area (Å²) in [6.07, 6.45) is 8.02. The minimum Gasteiger partial charge on any atom is -0.0839 e. The lowest BCUT2D eigenvalue weighted by atomic mass is 10.0. The van der Waals surface area contributed by atoms with Crippen LogP contribution in [0.1, 0.15) is 37.8 Å². The second kappa shape index (κ2) is 5.58. The van der Waals surface area contributed by atoms with Crippen molar-refractivity contribution < 1.29 is 0 Å². The van der Waals surface area contributed by atoms with Crippen molar-refractivity contribution in [3.05, 3.63) is 41.5 Å². The van der Waals surface area contributed by atoms with Gasteiger partial charge in [0.2, 0.25) is 0 Å². The second-order valence-electron chi connectivity index (χ2n) is 3.24. The highest BCUT2D eigenvalue weighted by molar-refractivity contribution is 5.53. The van der Waals surface area contributed by atoms with E-state index in [1.807, 2.05) is 0 Å². The van der Waals surface area contributed by atoms with Crippen molar-refractivity contribution in [1.29, 1.82) is 0 Å². The highest BCUT2D eigenvalue weighted by Gasteiger charge is 1.93. The molecule has 0 unspecified atom stereocenters. The smallest absolute Gasteiger partial charge is 0.0228 e. The molecule has 0 N–H and O–H groups in total. The third-order valence-electron chi connectivity index (χ3n) is 2.19. The number of allylic oxidation sites excluding steroid dienone is 1. The molecule has 0 nitrogen and oxygen atoms in total. The molecule has 1 aromatic carbocycles. The number of aryl methyl sites for hydroxylation is 1. The van der Waals surface area contributed by atoms with E-state index in [9.17, 15) is 0 Å². The lowest BCUT2D eigenvalue weighted by Gasteiger charge is -2.01. The Kier molecular flexibility index (Phi) is 4.31. The van der Waals surface area contributed by atoms with E-state index in [2.05, 4.69) is 50.3 Å². The summed E-state index contributed by atoms with van der Waals surface area (Å²) in [7, 11) is 0. The van der Waals surface area contributed by atoms with Gasteiger partial charge in [-0.2, -0.15) is 0 Å². The van der Waals surface area contributed by atoms with Gasteiger partial charge in [0.15, 0.2) is 0 Å². The van der Waals surface area contributed by atoms with Gasteiger partial charge < -0.3 is 0 Å². The predicted molar refractivity (Wildman–Crippen MR) is 59.8 cm³/mol. The third kappa shape index (κ3) is 3.06. The van der Waals surface area contributed by atoms with E-state index in [-0.39, 0.29) is 0 Å². The zero-order valence-electron chi connectivity index (χ0n) is 8.59. The Hall–Kier alpha value is -1.04. The summed E-state index contributed by atoms with van der Waals surface area (Å²) in [6, 6.07) is 8.59. The normalized spacial score (nSPS) is 10.9. The fourth-order valence-electron chi connectivity index (χ4n) is 1.40. The van der Waals surface area contributed by atoms with E-state index in [1.165, 1.54) is 24.0 Å². The van der Waals surface area contributed by atoms with E-state index in [0.717, 1.165) is 6.42 Å². The summed E-state index contributed by atoms with van der Waals surface area (Å²) in [5.41, 5.74) is 2.81. The molecular formula is C13H18. The molecule has 0 saturated carbocycles. The Labute approximate surface area is 81.3 Å². The lowest BCUT2D eigenvalue weighted by molar-refractivity contribution is 0.962. The van der Waals surface area contributed by atoms with Crippen LogP contribution in [0.5, 0.6) is 0 Å². The fourth-order valence-corrected chi connectivity index (χ4v) is 1.40. The van der Waals surface area contributed by atoms with E-state index < -0.39 is 0 Å². The molecule has 0 aliphatic rings. The van der Waals surface area contributed by atoms with Crippen molar-refractivity contribution >= 4 is 6.08 Å². The van der Waals surface area contributed by atoms with Crippen LogP contribution in [0.3, 0.4) is 0 Å². The largest absolute Gasteiger partial charge is 0.0839 e. The quantitative estimate of drug-likeness (QED) is 0.645. The van der Waals surface area contributed by atoms with Gasteiger partial charge in [-0.25, -0.2) is 0 Å². The van der Waals surface area contributed by atoms with E-state index >= 15 is 0 Å². The molecule has 13 heavy (non-hydrogen) atoms. The van der Waals surface area contributed by atoms with Crippen LogP contribution in [0.4, 0.5) is 0 Å². The van der Waals surface area contributed by atoms with Gasteiger partial charge in [0.05, 0.1) is 0 Å². The molecular weight excluding hydrogens is 156 g/mol. The van der Waals surface area contributed by atoms with Crippen LogP contribution < -0.4 is 0 Å². The van der Waals surface area contributed by atoms with Crippen LogP contribution in [0.25, 0.3) is 6.08 Å². The zero-order valence-corrected chi connectivity index (χ0v) is 8.59. The highest BCUT2D eigenvalue weighted by Crippen LogP contribution is 2.11. The van der Waals surface area contributed by atoms with Gasteiger partial charge in [0, 0.05) is 0 Å². The Morgan fingerprint density at radius 2 is 1.92 bits per heavy atom. The summed E-state index contributed by atoms with van der Waals surface area (Å²) >= 11 is 0. The SMILES string of the molecule is CCC/C=C\c1ccccc1CC. The molecule has 0 bridgehead atoms. The van der Waals surface area contributed by atoms with Crippen molar-refractivity contribution in [3.8, 4) is 0 Å². The van der Waals surface area contributed by atoms with Gasteiger partial charge in [-0.05, 0) is 24.0 Å². The summed E-state index contributed by atoms with van der Waals surface area (Å²) in [4.78, 5) is 0. The molecule has 0 aliphatic carbocycles. The molecule has 0 aliphatic heterocycles. The average molecular weight is 174 g/mol. The Morgan fingerprint density at radius 1 is 1.15 bits per heavy atom. The number of rotatable bonds is 4. The number of hydrogen-bond acceptors (Lipinski definition) is 0. The Balaban J connectivity index is 2.74. The molecule has 0 spiro atoms. The molecule has 0 saturated heterocycles. The van der Waals surface area contributed by atoms with E-state index in [0.29, 0.717) is 0 Å². The maximum absolute atomic E-state index is 2.26. The van der Waals surface area contributed by atoms with Crippen LogP contribution in [0.2, 0.25) is 0 Å². The summed E-state index contributed by atoms with van der Waals surface area (Å²) < 4.78 is 0. The first-order chi connectivity index (χ1) is 6.38. The first-order valence-electron chi connectivity index (χ1n) is 5.13. The van der Waals surface area contributed by atoms with E-state index in [4.69, 9.17) is 0 Å². The van der Waals surface area contributed by atoms with Crippen molar-refractivity contribution in [3.63, 3.8) is 0 Å². The van der Waals surface area contributed by atoms with Crippen LogP contribution in [0.15, 0.2) is 30.3 Å². The molecule has 0 radical (unpaired) electrons. The first kappa shape index (κ1) is 10.0. The highest BCUT2D eigenvalue weighted by atomic mass is 14.0. The molecule has 0 amide bonds. The molecule has 0 fully saturated rings. The molecule has 1 rings (SSSR count). The molecule has 0 aromatic heterocycles. The maximum Gasteiger partial charge on any atom is -0.0228 e. The van der Waals surface area contributed by atoms with Crippen molar-refractivity contribution in [2.45, 2.75) is 33.1 Å². The monoisotopic (exact) mass is 174 g/mol. The minimum absolute atomic E-state index is 1.12. The van der Waals surface area contributed by atoms with Gasteiger partial charge in [-0.1, -0.05) is 56.7 Å². The van der Waals surface area contributed by atoms with Gasteiger partial charge in [0.1, 0.15) is 0 Å². The summed E-state index contributed by atoms with van der Waals surface area (Å²) in [5, 5.41) is 0. The molecule has 0 heteroatoms. The van der Waals surface area contributed by atoms with Crippen LogP contribution in [-0.4, -0.2) is 0 Å². The molecule has 1 aromatic rings. The van der Waals surface area contributed by atoms with Gasteiger partial charge in [-0.3, -0.25) is 0 Å². The minimum atomic E-state index is 1.12. The van der Waals surface area contributed by atoms with Gasteiger partial charge in [0.25, 0.3) is 0 Å². The van der Waals surface area contributed by atoms with Crippen LogP contribution in [0, 0.1) is 0 Å². The van der Waals surface area contributed by atoms with Crippen LogP contribution in [-0.2, 0) is 6.42 Å². The fraction of sp³-hybridized carbons (Fsp3) is 0.385. The van der Waals surface area contributed by atoms with Crippen molar-refractivity contribution in [2.24, 2.45) is 0 Å². The maximum atomic E-state index is 2.26. The topological polar surface area (TPSA) is 0 Å². The lowest BCUT2D eigenvalue weighted by Crippen LogP contribution is -1.84. The van der Waals surface area contributed by atoms with Crippen molar-refractivity contribution in [2.75, 3.05) is 0 Å². The summed E-state index contributed by atoms with van der Waals surface area (Å²) in [6.45, 7) is 4.41.